The molecule has 0 saturated heterocycles. The number of amides is 2. The first kappa shape index (κ1) is 11.4. The smallest absolute Gasteiger partial charge is 0.262 e. The van der Waals surface area contributed by atoms with Crippen LogP contribution in [-0.4, -0.2) is 31.9 Å². The summed E-state index contributed by atoms with van der Waals surface area (Å²) in [6.07, 6.45) is 1.34. The number of nitrogen functional groups attached to an aromatic ring is 1. The van der Waals surface area contributed by atoms with Gasteiger partial charge in [0.1, 0.15) is 12.2 Å². The van der Waals surface area contributed by atoms with Gasteiger partial charge in [0.2, 0.25) is 0 Å². The highest BCUT2D eigenvalue weighted by atomic mass is 16.2. The second-order valence-electron chi connectivity index (χ2n) is 4.33. The summed E-state index contributed by atoms with van der Waals surface area (Å²) in [4.78, 5) is 29.7. The fourth-order valence-corrected chi connectivity index (χ4v) is 2.17. The van der Waals surface area contributed by atoms with Crippen LogP contribution in [-0.2, 0) is 0 Å². The van der Waals surface area contributed by atoms with Gasteiger partial charge in [0.15, 0.2) is 0 Å². The fraction of sp³-hybridized carbons (Fsp3) is 0.167. The third-order valence-electron chi connectivity index (χ3n) is 3.16. The molecule has 96 valence electrons. The minimum atomic E-state index is -0.504. The Bertz CT molecular complexity index is 665. The van der Waals surface area contributed by atoms with E-state index in [2.05, 4.69) is 15.2 Å². The summed E-state index contributed by atoms with van der Waals surface area (Å²) < 4.78 is 0. The van der Waals surface area contributed by atoms with Crippen LogP contribution in [0.25, 0.3) is 0 Å². The molecule has 3 N–H and O–H groups in total. The summed E-state index contributed by atoms with van der Waals surface area (Å²) >= 11 is 0. The van der Waals surface area contributed by atoms with Crippen molar-refractivity contribution < 1.29 is 9.59 Å². The average molecular weight is 257 g/mol. The summed E-state index contributed by atoms with van der Waals surface area (Å²) in [6, 6.07) is 4.18. The SMILES string of the molecule is CC(c1ncn[nH]1)N1C(=O)c2ccc(N)cc2C1=O. The van der Waals surface area contributed by atoms with Gasteiger partial charge in [-0.25, -0.2) is 4.98 Å². The standard InChI is InChI=1S/C12H11N5O2/c1-6(10-14-5-15-16-10)17-11(18)8-3-2-7(13)4-9(8)12(17)19/h2-6H,13H2,1H3,(H,14,15,16). The van der Waals surface area contributed by atoms with Gasteiger partial charge in [-0.05, 0) is 25.1 Å². The Morgan fingerprint density at radius 3 is 2.68 bits per heavy atom. The van der Waals surface area contributed by atoms with E-state index >= 15 is 0 Å². The van der Waals surface area contributed by atoms with E-state index in [1.54, 1.807) is 19.1 Å². The molecule has 2 amide bonds. The van der Waals surface area contributed by atoms with E-state index in [4.69, 9.17) is 5.73 Å². The van der Waals surface area contributed by atoms with Crippen LogP contribution in [0, 0.1) is 0 Å². The fourth-order valence-electron chi connectivity index (χ4n) is 2.17. The zero-order chi connectivity index (χ0) is 13.6. The summed E-state index contributed by atoms with van der Waals surface area (Å²) in [7, 11) is 0. The Hall–Kier alpha value is -2.70. The number of hydrogen-bond acceptors (Lipinski definition) is 5. The summed E-state index contributed by atoms with van der Waals surface area (Å²) in [5.74, 6) is -0.248. The highest BCUT2D eigenvalue weighted by Crippen LogP contribution is 2.30. The van der Waals surface area contributed by atoms with Gasteiger partial charge in [-0.3, -0.25) is 19.6 Å². The zero-order valence-electron chi connectivity index (χ0n) is 10.1. The Morgan fingerprint density at radius 1 is 1.26 bits per heavy atom. The van der Waals surface area contributed by atoms with Crippen LogP contribution < -0.4 is 5.73 Å². The lowest BCUT2D eigenvalue weighted by Crippen LogP contribution is -2.33. The molecule has 0 aliphatic carbocycles. The molecule has 1 atom stereocenters. The number of rotatable bonds is 2. The lowest BCUT2D eigenvalue weighted by Gasteiger charge is -2.19. The molecule has 0 bridgehead atoms. The van der Waals surface area contributed by atoms with Crippen LogP contribution in [0.2, 0.25) is 0 Å². The van der Waals surface area contributed by atoms with Crippen molar-refractivity contribution in [3.05, 3.63) is 41.5 Å². The van der Waals surface area contributed by atoms with Gasteiger partial charge in [-0.15, -0.1) is 0 Å². The summed E-state index contributed by atoms with van der Waals surface area (Å²) in [5.41, 5.74) is 6.79. The van der Waals surface area contributed by atoms with Crippen molar-refractivity contribution in [3.8, 4) is 0 Å². The number of hydrogen-bond donors (Lipinski definition) is 2. The van der Waals surface area contributed by atoms with Crippen LogP contribution in [0.3, 0.4) is 0 Å². The van der Waals surface area contributed by atoms with Gasteiger partial charge < -0.3 is 5.73 Å². The number of fused-ring (bicyclic) bond motifs is 1. The van der Waals surface area contributed by atoms with Gasteiger partial charge in [0.05, 0.1) is 17.2 Å². The number of nitrogens with zero attached hydrogens (tertiary/aromatic N) is 3. The third-order valence-corrected chi connectivity index (χ3v) is 3.16. The molecule has 0 fully saturated rings. The number of imide groups is 1. The van der Waals surface area contributed by atoms with E-state index in [0.29, 0.717) is 22.6 Å². The maximum Gasteiger partial charge on any atom is 0.262 e. The Morgan fingerprint density at radius 2 is 2.00 bits per heavy atom. The van der Waals surface area contributed by atoms with Gasteiger partial charge in [0.25, 0.3) is 11.8 Å². The first-order chi connectivity index (χ1) is 9.09. The normalized spacial score (nSPS) is 15.7. The average Bonchev–Trinajstić information content (AvgIpc) is 2.98. The second-order valence-corrected chi connectivity index (χ2v) is 4.33. The number of nitrogens with one attached hydrogen (secondary N) is 1. The van der Waals surface area contributed by atoms with E-state index in [1.807, 2.05) is 0 Å². The summed E-state index contributed by atoms with van der Waals surface area (Å²) in [6.45, 7) is 1.71. The molecule has 2 heterocycles. The quantitative estimate of drug-likeness (QED) is 0.610. The highest BCUT2D eigenvalue weighted by molar-refractivity contribution is 6.21. The summed E-state index contributed by atoms with van der Waals surface area (Å²) in [5, 5.41) is 6.38. The van der Waals surface area contributed by atoms with Crippen molar-refractivity contribution in [2.75, 3.05) is 5.73 Å². The van der Waals surface area contributed by atoms with Crippen LogP contribution in [0.4, 0.5) is 5.69 Å². The maximum atomic E-state index is 12.3. The van der Waals surface area contributed by atoms with E-state index in [1.165, 1.54) is 12.4 Å². The molecule has 1 aromatic carbocycles. The van der Waals surface area contributed by atoms with Crippen molar-refractivity contribution in [1.29, 1.82) is 0 Å². The van der Waals surface area contributed by atoms with E-state index in [0.717, 1.165) is 4.90 Å². The minimum absolute atomic E-state index is 0.330. The molecular formula is C12H11N5O2. The Labute approximate surface area is 108 Å². The second kappa shape index (κ2) is 3.91. The van der Waals surface area contributed by atoms with Crippen molar-refractivity contribution >= 4 is 17.5 Å². The number of aromatic nitrogens is 3. The lowest BCUT2D eigenvalue weighted by atomic mass is 10.1. The molecule has 7 nitrogen and oxygen atoms in total. The first-order valence-electron chi connectivity index (χ1n) is 5.72. The molecule has 1 aromatic heterocycles. The molecule has 2 aromatic rings. The molecule has 0 spiro atoms. The minimum Gasteiger partial charge on any atom is -0.399 e. The molecule has 1 aliphatic heterocycles. The van der Waals surface area contributed by atoms with Crippen molar-refractivity contribution in [2.24, 2.45) is 0 Å². The number of carbonyl (C=O) groups excluding carboxylic acids is 2. The number of anilines is 1. The van der Waals surface area contributed by atoms with Gasteiger partial charge in [-0.1, -0.05) is 0 Å². The van der Waals surface area contributed by atoms with Gasteiger partial charge in [-0.2, -0.15) is 5.10 Å². The molecule has 1 unspecified atom stereocenters. The molecule has 19 heavy (non-hydrogen) atoms. The largest absolute Gasteiger partial charge is 0.399 e. The van der Waals surface area contributed by atoms with E-state index < -0.39 is 6.04 Å². The van der Waals surface area contributed by atoms with Crippen LogP contribution in [0.1, 0.15) is 39.5 Å². The highest BCUT2D eigenvalue weighted by Gasteiger charge is 2.39. The van der Waals surface area contributed by atoms with Crippen LogP contribution in [0.5, 0.6) is 0 Å². The monoisotopic (exact) mass is 257 g/mol. The van der Waals surface area contributed by atoms with Gasteiger partial charge >= 0.3 is 0 Å². The number of carbonyl (C=O) groups is 2. The van der Waals surface area contributed by atoms with Gasteiger partial charge in [0, 0.05) is 5.69 Å². The lowest BCUT2D eigenvalue weighted by molar-refractivity contribution is 0.0589. The van der Waals surface area contributed by atoms with Crippen molar-refractivity contribution in [1.82, 2.24) is 20.1 Å². The van der Waals surface area contributed by atoms with Crippen LogP contribution >= 0.6 is 0 Å². The van der Waals surface area contributed by atoms with Crippen molar-refractivity contribution in [2.45, 2.75) is 13.0 Å². The van der Waals surface area contributed by atoms with Crippen molar-refractivity contribution in [3.63, 3.8) is 0 Å². The first-order valence-corrected chi connectivity index (χ1v) is 5.72. The van der Waals surface area contributed by atoms with E-state index in [9.17, 15) is 9.59 Å². The number of aromatic amines is 1. The predicted molar refractivity (Wildman–Crippen MR) is 66.2 cm³/mol. The number of nitrogens with two attached hydrogens (primary N) is 1. The molecule has 3 rings (SSSR count). The number of H-pyrrole nitrogens is 1. The van der Waals surface area contributed by atoms with Crippen LogP contribution in [0.15, 0.2) is 24.5 Å². The molecule has 7 heteroatoms. The zero-order valence-corrected chi connectivity index (χ0v) is 10.1. The molecular weight excluding hydrogens is 246 g/mol. The molecule has 0 radical (unpaired) electrons. The molecule has 0 saturated carbocycles. The van der Waals surface area contributed by atoms with E-state index in [-0.39, 0.29) is 11.8 Å². The Balaban J connectivity index is 2.03. The topological polar surface area (TPSA) is 105 Å². The maximum absolute atomic E-state index is 12.3. The predicted octanol–water partition coefficient (Wildman–Crippen LogP) is 0.744. The number of benzene rings is 1. The Kier molecular flexibility index (Phi) is 2.34. The third kappa shape index (κ3) is 1.59. The molecule has 1 aliphatic rings.